The third-order valence-corrected chi connectivity index (χ3v) is 5.38. The molecule has 1 aromatic rings. The van der Waals surface area contributed by atoms with Crippen LogP contribution in [0.1, 0.15) is 83.3 Å². The van der Waals surface area contributed by atoms with Gasteiger partial charge in [0.05, 0.1) is 0 Å². The summed E-state index contributed by atoms with van der Waals surface area (Å²) in [5.74, 6) is 1.82. The molecule has 0 aromatic heterocycles. The van der Waals surface area contributed by atoms with Gasteiger partial charge in [0.1, 0.15) is 0 Å². The van der Waals surface area contributed by atoms with Crippen molar-refractivity contribution in [2.45, 2.75) is 78.6 Å². The molecule has 122 valence electrons. The van der Waals surface area contributed by atoms with Crippen molar-refractivity contribution < 1.29 is 0 Å². The number of hydrogen-bond acceptors (Lipinski definition) is 0. The van der Waals surface area contributed by atoms with E-state index >= 15 is 0 Å². The second-order valence-corrected chi connectivity index (χ2v) is 7.18. The third-order valence-electron chi connectivity index (χ3n) is 5.38. The molecule has 22 heavy (non-hydrogen) atoms. The molecule has 2 unspecified atom stereocenters. The lowest BCUT2D eigenvalue weighted by atomic mass is 9.78. The summed E-state index contributed by atoms with van der Waals surface area (Å²) in [6.45, 7) is 7.02. The van der Waals surface area contributed by atoms with Crippen LogP contribution in [-0.4, -0.2) is 0 Å². The molecule has 0 saturated heterocycles. The Balaban J connectivity index is 1.87. The third kappa shape index (κ3) is 5.00. The van der Waals surface area contributed by atoms with E-state index in [0.717, 1.165) is 11.8 Å². The van der Waals surface area contributed by atoms with Crippen LogP contribution in [0.4, 0.5) is 0 Å². The van der Waals surface area contributed by atoms with Gasteiger partial charge in [-0.15, -0.1) is 0 Å². The molecule has 0 aliphatic heterocycles. The molecule has 1 aliphatic rings. The summed E-state index contributed by atoms with van der Waals surface area (Å²) >= 11 is 0. The Labute approximate surface area is 138 Å². The maximum atomic E-state index is 2.53. The van der Waals surface area contributed by atoms with Gasteiger partial charge in [-0.05, 0) is 54.2 Å². The van der Waals surface area contributed by atoms with E-state index < -0.39 is 0 Å². The summed E-state index contributed by atoms with van der Waals surface area (Å²) < 4.78 is 0. The molecule has 1 aliphatic carbocycles. The SMILES string of the molecule is CCCCCC(C)C1CC=C(c2ccc(CCC)cc2)CC1. The van der Waals surface area contributed by atoms with E-state index in [2.05, 4.69) is 51.1 Å². The van der Waals surface area contributed by atoms with Crippen molar-refractivity contribution in [1.82, 2.24) is 0 Å². The van der Waals surface area contributed by atoms with Crippen molar-refractivity contribution in [2.75, 3.05) is 0 Å². The molecule has 0 heterocycles. The lowest BCUT2D eigenvalue weighted by Crippen LogP contribution is -2.14. The molecular weight excluding hydrogens is 264 g/mol. The summed E-state index contributed by atoms with van der Waals surface area (Å²) in [6, 6.07) is 9.31. The minimum Gasteiger partial charge on any atom is -0.0804 e. The summed E-state index contributed by atoms with van der Waals surface area (Å²) in [6.07, 6.45) is 14.5. The van der Waals surface area contributed by atoms with Gasteiger partial charge in [0.2, 0.25) is 0 Å². The fraction of sp³-hybridized carbons (Fsp3) is 0.636. The van der Waals surface area contributed by atoms with Crippen LogP contribution in [0.5, 0.6) is 0 Å². The van der Waals surface area contributed by atoms with Crippen molar-refractivity contribution in [3.63, 3.8) is 0 Å². The monoisotopic (exact) mass is 298 g/mol. The zero-order chi connectivity index (χ0) is 15.8. The lowest BCUT2D eigenvalue weighted by Gasteiger charge is -2.27. The molecule has 2 rings (SSSR count). The van der Waals surface area contributed by atoms with Crippen LogP contribution in [0.3, 0.4) is 0 Å². The maximum absolute atomic E-state index is 2.53. The van der Waals surface area contributed by atoms with E-state index in [1.807, 2.05) is 0 Å². The second kappa shape index (κ2) is 9.18. The van der Waals surface area contributed by atoms with Crippen molar-refractivity contribution in [3.8, 4) is 0 Å². The predicted molar refractivity (Wildman–Crippen MR) is 99.1 cm³/mol. The van der Waals surface area contributed by atoms with Crippen LogP contribution in [0, 0.1) is 11.8 Å². The van der Waals surface area contributed by atoms with Gasteiger partial charge in [-0.2, -0.15) is 0 Å². The first kappa shape index (κ1) is 17.3. The first-order valence-corrected chi connectivity index (χ1v) is 9.53. The molecule has 0 spiro atoms. The molecule has 0 radical (unpaired) electrons. The molecule has 2 atom stereocenters. The Morgan fingerprint density at radius 3 is 2.41 bits per heavy atom. The van der Waals surface area contributed by atoms with Crippen LogP contribution in [0.15, 0.2) is 30.3 Å². The number of benzene rings is 1. The number of rotatable bonds is 8. The summed E-state index contributed by atoms with van der Waals surface area (Å²) in [4.78, 5) is 0. The Morgan fingerprint density at radius 2 is 1.82 bits per heavy atom. The standard InChI is InChI=1S/C22H34/c1-4-6-7-9-18(3)20-14-16-22(17-15-20)21-12-10-19(8-5-2)11-13-21/h10-13,16,18,20H,4-9,14-15,17H2,1-3H3. The van der Waals surface area contributed by atoms with Crippen LogP contribution in [0.25, 0.3) is 5.57 Å². The number of hydrogen-bond donors (Lipinski definition) is 0. The van der Waals surface area contributed by atoms with Crippen molar-refractivity contribution >= 4 is 5.57 Å². The van der Waals surface area contributed by atoms with Gasteiger partial charge in [-0.25, -0.2) is 0 Å². The van der Waals surface area contributed by atoms with Gasteiger partial charge in [0, 0.05) is 0 Å². The van der Waals surface area contributed by atoms with Gasteiger partial charge in [0.25, 0.3) is 0 Å². The Kier molecular flexibility index (Phi) is 7.22. The molecule has 1 aromatic carbocycles. The summed E-state index contributed by atoms with van der Waals surface area (Å²) in [5, 5.41) is 0. The highest BCUT2D eigenvalue weighted by Gasteiger charge is 2.20. The zero-order valence-electron chi connectivity index (χ0n) is 14.9. The predicted octanol–water partition coefficient (Wildman–Crippen LogP) is 7.04. The van der Waals surface area contributed by atoms with Gasteiger partial charge in [-0.3, -0.25) is 0 Å². The Hall–Kier alpha value is -1.04. The Morgan fingerprint density at radius 1 is 1.05 bits per heavy atom. The molecular formula is C22H34. The van der Waals surface area contributed by atoms with Crippen molar-refractivity contribution in [2.24, 2.45) is 11.8 Å². The Bertz CT molecular complexity index is 451. The van der Waals surface area contributed by atoms with Gasteiger partial charge in [-0.1, -0.05) is 83.2 Å². The van der Waals surface area contributed by atoms with Crippen LogP contribution in [-0.2, 0) is 6.42 Å². The molecule has 0 saturated carbocycles. The maximum Gasteiger partial charge on any atom is -0.0228 e. The van der Waals surface area contributed by atoms with E-state index in [4.69, 9.17) is 0 Å². The molecule has 0 bridgehead atoms. The van der Waals surface area contributed by atoms with Gasteiger partial charge in [0.15, 0.2) is 0 Å². The van der Waals surface area contributed by atoms with E-state index in [-0.39, 0.29) is 0 Å². The van der Waals surface area contributed by atoms with Crippen molar-refractivity contribution in [1.29, 1.82) is 0 Å². The number of allylic oxidation sites excluding steroid dienone is 2. The molecule has 0 heteroatoms. The highest BCUT2D eigenvalue weighted by Crippen LogP contribution is 2.35. The highest BCUT2D eigenvalue weighted by molar-refractivity contribution is 5.66. The highest BCUT2D eigenvalue weighted by atomic mass is 14.3. The minimum absolute atomic E-state index is 0.899. The van der Waals surface area contributed by atoms with Crippen LogP contribution < -0.4 is 0 Å². The molecule has 0 fully saturated rings. The van der Waals surface area contributed by atoms with E-state index in [0.29, 0.717) is 0 Å². The smallest absolute Gasteiger partial charge is 0.0228 e. The fourth-order valence-electron chi connectivity index (χ4n) is 3.76. The van der Waals surface area contributed by atoms with Gasteiger partial charge < -0.3 is 0 Å². The summed E-state index contributed by atoms with van der Waals surface area (Å²) in [7, 11) is 0. The average molecular weight is 299 g/mol. The van der Waals surface area contributed by atoms with Crippen LogP contribution >= 0.6 is 0 Å². The van der Waals surface area contributed by atoms with E-state index in [1.165, 1.54) is 68.9 Å². The first-order valence-electron chi connectivity index (χ1n) is 9.53. The lowest BCUT2D eigenvalue weighted by molar-refractivity contribution is 0.308. The fourth-order valence-corrected chi connectivity index (χ4v) is 3.76. The van der Waals surface area contributed by atoms with Crippen LogP contribution in [0.2, 0.25) is 0 Å². The van der Waals surface area contributed by atoms with Gasteiger partial charge >= 0.3 is 0 Å². The normalized spacial score (nSPS) is 19.8. The number of unbranched alkanes of at least 4 members (excludes halogenated alkanes) is 2. The largest absolute Gasteiger partial charge is 0.0804 e. The second-order valence-electron chi connectivity index (χ2n) is 7.18. The topological polar surface area (TPSA) is 0 Å². The summed E-state index contributed by atoms with van der Waals surface area (Å²) in [5.41, 5.74) is 4.52. The molecule has 0 N–H and O–H groups in total. The molecule has 0 amide bonds. The van der Waals surface area contributed by atoms with E-state index in [1.54, 1.807) is 5.57 Å². The number of aryl methyl sites for hydroxylation is 1. The van der Waals surface area contributed by atoms with Crippen molar-refractivity contribution in [3.05, 3.63) is 41.5 Å². The molecule has 0 nitrogen and oxygen atoms in total. The zero-order valence-corrected chi connectivity index (χ0v) is 14.9. The average Bonchev–Trinajstić information content (AvgIpc) is 2.56. The minimum atomic E-state index is 0.899. The quantitative estimate of drug-likeness (QED) is 0.451. The first-order chi connectivity index (χ1) is 10.7. The van der Waals surface area contributed by atoms with E-state index in [9.17, 15) is 0 Å².